The Hall–Kier alpha value is -2.45. The van der Waals surface area contributed by atoms with E-state index in [-0.39, 0.29) is 0 Å². The van der Waals surface area contributed by atoms with E-state index >= 15 is 0 Å². The van der Waals surface area contributed by atoms with Crippen LogP contribution in [0.2, 0.25) is 0 Å². The number of likely N-dealkylation sites (N-methyl/N-ethyl adjacent to an activating group) is 1. The van der Waals surface area contributed by atoms with Crippen molar-refractivity contribution in [2.45, 2.75) is 19.5 Å². The Balaban J connectivity index is 1.57. The summed E-state index contributed by atoms with van der Waals surface area (Å²) in [6.07, 6.45) is 1.62. The van der Waals surface area contributed by atoms with Gasteiger partial charge in [0, 0.05) is 37.4 Å². The summed E-state index contributed by atoms with van der Waals surface area (Å²) in [6, 6.07) is 12.5. The van der Waals surface area contributed by atoms with Gasteiger partial charge in [-0.2, -0.15) is 5.26 Å². The van der Waals surface area contributed by atoms with Crippen LogP contribution < -0.4 is 4.90 Å². The molecule has 0 radical (unpaired) electrons. The molecule has 3 rings (SSSR count). The van der Waals surface area contributed by atoms with Crippen LogP contribution in [0, 0.1) is 18.3 Å². The van der Waals surface area contributed by atoms with E-state index in [0.29, 0.717) is 6.04 Å². The van der Waals surface area contributed by atoms with Crippen LogP contribution >= 0.6 is 0 Å². The fraction of sp³-hybridized carbons (Fsp3) is 0.353. The van der Waals surface area contributed by atoms with Gasteiger partial charge in [0.25, 0.3) is 0 Å². The zero-order valence-electron chi connectivity index (χ0n) is 12.9. The van der Waals surface area contributed by atoms with E-state index in [4.69, 9.17) is 5.26 Å². The molecule has 0 saturated carbocycles. The number of aryl methyl sites for hydroxylation is 1. The van der Waals surface area contributed by atoms with E-state index in [9.17, 15) is 0 Å². The number of nitriles is 1. The van der Waals surface area contributed by atoms with Gasteiger partial charge in [0.1, 0.15) is 12.1 Å². The van der Waals surface area contributed by atoms with Gasteiger partial charge in [-0.05, 0) is 31.7 Å². The number of hydrogen-bond donors (Lipinski definition) is 0. The van der Waals surface area contributed by atoms with Crippen LogP contribution in [-0.2, 0) is 6.54 Å². The molecule has 5 nitrogen and oxygen atoms in total. The molecular formula is C17H19N5. The van der Waals surface area contributed by atoms with Gasteiger partial charge in [-0.15, -0.1) is 0 Å². The maximum Gasteiger partial charge on any atom is 0.132 e. The van der Waals surface area contributed by atoms with Gasteiger partial charge in [-0.25, -0.2) is 9.97 Å². The number of anilines is 1. The predicted octanol–water partition coefficient (Wildman–Crippen LogP) is 1.98. The topological polar surface area (TPSA) is 56.0 Å². The summed E-state index contributed by atoms with van der Waals surface area (Å²) in [5, 5.41) is 8.96. The van der Waals surface area contributed by atoms with Crippen LogP contribution in [-0.4, -0.2) is 41.0 Å². The van der Waals surface area contributed by atoms with Gasteiger partial charge in [0.05, 0.1) is 11.6 Å². The summed E-state index contributed by atoms with van der Waals surface area (Å²) in [5.41, 5.74) is 2.89. The maximum atomic E-state index is 8.96. The molecule has 1 aromatic carbocycles. The Labute approximate surface area is 130 Å². The van der Waals surface area contributed by atoms with Crippen molar-refractivity contribution >= 4 is 5.82 Å². The second-order valence-electron chi connectivity index (χ2n) is 5.80. The molecule has 0 N–H and O–H groups in total. The summed E-state index contributed by atoms with van der Waals surface area (Å²) in [7, 11) is 2.13. The maximum absolute atomic E-state index is 8.96. The molecule has 1 aliphatic heterocycles. The molecule has 1 fully saturated rings. The fourth-order valence-corrected chi connectivity index (χ4v) is 2.69. The van der Waals surface area contributed by atoms with Crippen LogP contribution in [0.15, 0.2) is 36.7 Å². The molecule has 1 aromatic heterocycles. The first-order valence-electron chi connectivity index (χ1n) is 7.38. The molecule has 2 aromatic rings. The molecule has 0 spiro atoms. The smallest absolute Gasteiger partial charge is 0.132 e. The molecule has 0 amide bonds. The first-order valence-corrected chi connectivity index (χ1v) is 7.38. The van der Waals surface area contributed by atoms with Crippen molar-refractivity contribution in [3.05, 3.63) is 53.5 Å². The lowest BCUT2D eigenvalue weighted by molar-refractivity contribution is 0.197. The Morgan fingerprint density at radius 3 is 2.86 bits per heavy atom. The Kier molecular flexibility index (Phi) is 4.03. The number of aromatic nitrogens is 2. The highest BCUT2D eigenvalue weighted by Gasteiger charge is 2.30. The minimum absolute atomic E-state index is 0.515. The lowest BCUT2D eigenvalue weighted by Gasteiger charge is -2.44. The van der Waals surface area contributed by atoms with Crippen molar-refractivity contribution in [2.24, 2.45) is 0 Å². The highest BCUT2D eigenvalue weighted by atomic mass is 15.3. The third-order valence-corrected chi connectivity index (χ3v) is 4.09. The van der Waals surface area contributed by atoms with E-state index in [1.165, 1.54) is 5.56 Å². The van der Waals surface area contributed by atoms with Crippen molar-refractivity contribution in [3.8, 4) is 6.07 Å². The van der Waals surface area contributed by atoms with Gasteiger partial charge in [-0.1, -0.05) is 12.1 Å². The van der Waals surface area contributed by atoms with Gasteiger partial charge in [0.2, 0.25) is 0 Å². The molecule has 0 atom stereocenters. The molecule has 1 saturated heterocycles. The largest absolute Gasteiger partial charge is 0.353 e. The van der Waals surface area contributed by atoms with Gasteiger partial charge in [0.15, 0.2) is 0 Å². The molecule has 2 heterocycles. The standard InChI is InChI=1S/C17H19N5/c1-13-6-17(20-12-19-13)22-10-16(11-22)21(2)9-15-5-3-4-14(7-15)8-18/h3-7,12,16H,9-11H2,1-2H3. The van der Waals surface area contributed by atoms with E-state index in [0.717, 1.165) is 36.7 Å². The second-order valence-corrected chi connectivity index (χ2v) is 5.80. The van der Waals surface area contributed by atoms with Gasteiger partial charge < -0.3 is 4.90 Å². The SMILES string of the molecule is Cc1cc(N2CC(N(C)Cc3cccc(C#N)c3)C2)ncn1. The first kappa shape index (κ1) is 14.5. The van der Waals surface area contributed by atoms with Crippen LogP contribution in [0.3, 0.4) is 0 Å². The lowest BCUT2D eigenvalue weighted by atomic mass is 10.1. The Morgan fingerprint density at radius 1 is 1.32 bits per heavy atom. The van der Waals surface area contributed by atoms with Crippen molar-refractivity contribution in [2.75, 3.05) is 25.0 Å². The molecule has 0 aliphatic carbocycles. The minimum Gasteiger partial charge on any atom is -0.353 e. The average molecular weight is 293 g/mol. The highest BCUT2D eigenvalue weighted by molar-refractivity contribution is 5.42. The number of benzene rings is 1. The number of rotatable bonds is 4. The predicted molar refractivity (Wildman–Crippen MR) is 85.4 cm³/mol. The monoisotopic (exact) mass is 293 g/mol. The summed E-state index contributed by atoms with van der Waals surface area (Å²) in [4.78, 5) is 13.1. The fourth-order valence-electron chi connectivity index (χ4n) is 2.69. The highest BCUT2D eigenvalue weighted by Crippen LogP contribution is 2.22. The first-order chi connectivity index (χ1) is 10.7. The van der Waals surface area contributed by atoms with Crippen molar-refractivity contribution < 1.29 is 0 Å². The van der Waals surface area contributed by atoms with E-state index in [1.54, 1.807) is 6.33 Å². The average Bonchev–Trinajstić information content (AvgIpc) is 2.46. The zero-order valence-corrected chi connectivity index (χ0v) is 12.9. The normalized spacial score (nSPS) is 14.7. The summed E-state index contributed by atoms with van der Waals surface area (Å²) >= 11 is 0. The van der Waals surface area contributed by atoms with Crippen molar-refractivity contribution in [3.63, 3.8) is 0 Å². The number of hydrogen-bond acceptors (Lipinski definition) is 5. The van der Waals surface area contributed by atoms with Crippen molar-refractivity contribution in [1.82, 2.24) is 14.9 Å². The van der Waals surface area contributed by atoms with Crippen LogP contribution in [0.1, 0.15) is 16.8 Å². The summed E-state index contributed by atoms with van der Waals surface area (Å²) in [6.45, 7) is 4.80. The second kappa shape index (κ2) is 6.12. The number of nitrogens with zero attached hydrogens (tertiary/aromatic N) is 5. The Bertz CT molecular complexity index is 700. The zero-order chi connectivity index (χ0) is 15.5. The lowest BCUT2D eigenvalue weighted by Crippen LogP contribution is -2.58. The van der Waals surface area contributed by atoms with E-state index in [2.05, 4.69) is 39.0 Å². The summed E-state index contributed by atoms with van der Waals surface area (Å²) in [5.74, 6) is 1.00. The molecule has 112 valence electrons. The van der Waals surface area contributed by atoms with Crippen LogP contribution in [0.25, 0.3) is 0 Å². The molecule has 1 aliphatic rings. The van der Waals surface area contributed by atoms with E-state index < -0.39 is 0 Å². The molecule has 0 bridgehead atoms. The quantitative estimate of drug-likeness (QED) is 0.862. The molecular weight excluding hydrogens is 274 g/mol. The minimum atomic E-state index is 0.515. The van der Waals surface area contributed by atoms with Crippen LogP contribution in [0.4, 0.5) is 5.82 Å². The molecule has 0 unspecified atom stereocenters. The van der Waals surface area contributed by atoms with Crippen molar-refractivity contribution in [1.29, 1.82) is 5.26 Å². The Morgan fingerprint density at radius 2 is 2.14 bits per heavy atom. The molecule has 22 heavy (non-hydrogen) atoms. The van der Waals surface area contributed by atoms with Gasteiger partial charge in [-0.3, -0.25) is 4.90 Å². The van der Waals surface area contributed by atoms with E-state index in [1.807, 2.05) is 31.2 Å². The summed E-state index contributed by atoms with van der Waals surface area (Å²) < 4.78 is 0. The molecule has 5 heteroatoms. The third-order valence-electron chi connectivity index (χ3n) is 4.09. The van der Waals surface area contributed by atoms with Crippen LogP contribution in [0.5, 0.6) is 0 Å². The third kappa shape index (κ3) is 3.07. The van der Waals surface area contributed by atoms with Gasteiger partial charge >= 0.3 is 0 Å².